The van der Waals surface area contributed by atoms with Crippen LogP contribution >= 0.6 is 11.6 Å². The fourth-order valence-corrected chi connectivity index (χ4v) is 2.01. The summed E-state index contributed by atoms with van der Waals surface area (Å²) in [5.41, 5.74) is 3.10. The van der Waals surface area contributed by atoms with Crippen LogP contribution in [0.4, 0.5) is 8.78 Å². The van der Waals surface area contributed by atoms with Crippen molar-refractivity contribution in [1.29, 1.82) is 0 Å². The molecule has 2 aromatic carbocycles. The van der Waals surface area contributed by atoms with Crippen LogP contribution < -0.4 is 10.9 Å². The molecule has 0 aromatic heterocycles. The zero-order valence-corrected chi connectivity index (χ0v) is 13.3. The van der Waals surface area contributed by atoms with Crippen LogP contribution in [-0.4, -0.2) is 24.4 Å². The van der Waals surface area contributed by atoms with Crippen LogP contribution in [0.3, 0.4) is 0 Å². The van der Waals surface area contributed by atoms with Gasteiger partial charge in [-0.1, -0.05) is 29.8 Å². The lowest BCUT2D eigenvalue weighted by molar-refractivity contribution is -0.125. The number of hydrazine groups is 1. The predicted molar refractivity (Wildman–Crippen MR) is 83.7 cm³/mol. The molecule has 0 radical (unpaired) electrons. The molecule has 0 saturated carbocycles. The summed E-state index contributed by atoms with van der Waals surface area (Å²) in [5.74, 6) is -4.61. The summed E-state index contributed by atoms with van der Waals surface area (Å²) < 4.78 is 31.5. The number of benzene rings is 2. The molecule has 0 saturated heterocycles. The van der Waals surface area contributed by atoms with Gasteiger partial charge < -0.3 is 4.74 Å². The fourth-order valence-electron chi connectivity index (χ4n) is 1.77. The molecule has 2 amide bonds. The van der Waals surface area contributed by atoms with Crippen molar-refractivity contribution in [3.63, 3.8) is 0 Å². The highest BCUT2D eigenvalue weighted by atomic mass is 35.5. The maximum atomic E-state index is 13.5. The number of carbonyl (C=O) groups is 3. The summed E-state index contributed by atoms with van der Waals surface area (Å²) in [6, 6.07) is 8.75. The van der Waals surface area contributed by atoms with Crippen molar-refractivity contribution in [3.8, 4) is 0 Å². The largest absolute Gasteiger partial charge is 0.452 e. The van der Waals surface area contributed by atoms with Crippen molar-refractivity contribution in [1.82, 2.24) is 10.9 Å². The molecule has 0 heterocycles. The van der Waals surface area contributed by atoms with E-state index in [2.05, 4.69) is 4.74 Å². The lowest BCUT2D eigenvalue weighted by Gasteiger charge is -2.09. The van der Waals surface area contributed by atoms with Crippen LogP contribution in [0.15, 0.2) is 42.5 Å². The first-order valence-electron chi connectivity index (χ1n) is 6.85. The predicted octanol–water partition coefficient (Wildman–Crippen LogP) is 2.24. The van der Waals surface area contributed by atoms with Crippen LogP contribution in [0.5, 0.6) is 0 Å². The third kappa shape index (κ3) is 4.74. The molecular weight excluding hydrogens is 358 g/mol. The molecule has 0 unspecified atom stereocenters. The van der Waals surface area contributed by atoms with Gasteiger partial charge in [-0.2, -0.15) is 0 Å². The minimum atomic E-state index is -1.14. The zero-order valence-electron chi connectivity index (χ0n) is 12.5. The highest BCUT2D eigenvalue weighted by Crippen LogP contribution is 2.19. The number of amides is 2. The van der Waals surface area contributed by atoms with Gasteiger partial charge in [0, 0.05) is 0 Å². The van der Waals surface area contributed by atoms with Gasteiger partial charge in [0.05, 0.1) is 10.6 Å². The molecule has 25 heavy (non-hydrogen) atoms. The quantitative estimate of drug-likeness (QED) is 0.640. The molecule has 0 spiro atoms. The Bertz CT molecular complexity index is 809. The minimum Gasteiger partial charge on any atom is -0.452 e. The number of ether oxygens (including phenoxy) is 1. The summed E-state index contributed by atoms with van der Waals surface area (Å²) in [6.45, 7) is -0.805. The molecule has 130 valence electrons. The molecule has 2 rings (SSSR count). The second-order valence-corrected chi connectivity index (χ2v) is 5.06. The topological polar surface area (TPSA) is 84.5 Å². The van der Waals surface area contributed by atoms with E-state index in [4.69, 9.17) is 11.6 Å². The Kier molecular flexibility index (Phi) is 6.02. The number of halogens is 3. The van der Waals surface area contributed by atoms with E-state index in [0.29, 0.717) is 0 Å². The van der Waals surface area contributed by atoms with Crippen molar-refractivity contribution in [2.75, 3.05) is 6.61 Å². The Morgan fingerprint density at radius 3 is 2.32 bits per heavy atom. The van der Waals surface area contributed by atoms with Crippen LogP contribution in [0.2, 0.25) is 5.02 Å². The highest BCUT2D eigenvalue weighted by Gasteiger charge is 2.18. The smallest absolute Gasteiger partial charge is 0.343 e. The van der Waals surface area contributed by atoms with Crippen LogP contribution in [-0.2, 0) is 9.53 Å². The Morgan fingerprint density at radius 1 is 0.960 bits per heavy atom. The summed E-state index contributed by atoms with van der Waals surface area (Å²) in [7, 11) is 0. The van der Waals surface area contributed by atoms with Gasteiger partial charge in [-0.05, 0) is 24.3 Å². The van der Waals surface area contributed by atoms with Crippen molar-refractivity contribution < 1.29 is 27.9 Å². The van der Waals surface area contributed by atoms with Gasteiger partial charge in [-0.25, -0.2) is 13.6 Å². The first-order chi connectivity index (χ1) is 11.9. The molecule has 0 aliphatic rings. The van der Waals surface area contributed by atoms with Gasteiger partial charge in [0.25, 0.3) is 11.8 Å². The lowest BCUT2D eigenvalue weighted by atomic mass is 10.2. The van der Waals surface area contributed by atoms with E-state index in [1.165, 1.54) is 30.3 Å². The molecule has 0 bridgehead atoms. The van der Waals surface area contributed by atoms with Gasteiger partial charge in [-0.15, -0.1) is 0 Å². The average Bonchev–Trinajstić information content (AvgIpc) is 2.58. The van der Waals surface area contributed by atoms with Crippen LogP contribution in [0, 0.1) is 11.6 Å². The summed E-state index contributed by atoms with van der Waals surface area (Å²) in [5, 5.41) is -0.168. The maximum Gasteiger partial charge on any atom is 0.343 e. The standard InChI is InChI=1S/C16H11ClF2N2O4/c17-10-5-3-7-12(19)14(10)16(24)25-8-13(22)20-21-15(23)9-4-1-2-6-11(9)18/h1-7H,8H2,(H,20,22)(H,21,23). The second-order valence-electron chi connectivity index (χ2n) is 4.65. The number of hydrogen-bond acceptors (Lipinski definition) is 4. The fraction of sp³-hybridized carbons (Fsp3) is 0.0625. The van der Waals surface area contributed by atoms with E-state index in [0.717, 1.165) is 12.1 Å². The number of nitrogens with one attached hydrogen (secondary N) is 2. The summed E-state index contributed by atoms with van der Waals surface area (Å²) >= 11 is 5.69. The molecule has 0 aliphatic heterocycles. The van der Waals surface area contributed by atoms with Gasteiger partial charge in [-0.3, -0.25) is 20.4 Å². The number of rotatable bonds is 4. The molecule has 2 N–H and O–H groups in total. The van der Waals surface area contributed by atoms with E-state index >= 15 is 0 Å². The van der Waals surface area contributed by atoms with Crippen LogP contribution in [0.1, 0.15) is 20.7 Å². The number of carbonyl (C=O) groups excluding carboxylic acids is 3. The Hall–Kier alpha value is -3.00. The van der Waals surface area contributed by atoms with Crippen molar-refractivity contribution in [2.45, 2.75) is 0 Å². The third-order valence-electron chi connectivity index (χ3n) is 2.94. The van der Waals surface area contributed by atoms with Crippen LogP contribution in [0.25, 0.3) is 0 Å². The summed E-state index contributed by atoms with van der Waals surface area (Å²) in [6.07, 6.45) is 0. The Morgan fingerprint density at radius 2 is 1.64 bits per heavy atom. The van der Waals surface area contributed by atoms with Gasteiger partial charge in [0.1, 0.15) is 17.2 Å². The first kappa shape index (κ1) is 18.3. The van der Waals surface area contributed by atoms with Gasteiger partial charge in [0.2, 0.25) is 0 Å². The van der Waals surface area contributed by atoms with E-state index in [1.807, 2.05) is 10.9 Å². The summed E-state index contributed by atoms with van der Waals surface area (Å²) in [4.78, 5) is 35.0. The normalized spacial score (nSPS) is 10.0. The molecule has 0 fully saturated rings. The molecular formula is C16H11ClF2N2O4. The number of esters is 1. The Labute approximate surface area is 145 Å². The second kappa shape index (κ2) is 8.20. The van der Waals surface area contributed by atoms with E-state index in [9.17, 15) is 23.2 Å². The third-order valence-corrected chi connectivity index (χ3v) is 3.25. The van der Waals surface area contributed by atoms with E-state index < -0.39 is 41.6 Å². The molecule has 9 heteroatoms. The van der Waals surface area contributed by atoms with Crippen molar-refractivity contribution in [3.05, 3.63) is 70.2 Å². The zero-order chi connectivity index (χ0) is 18.4. The highest BCUT2D eigenvalue weighted by molar-refractivity contribution is 6.33. The first-order valence-corrected chi connectivity index (χ1v) is 7.23. The van der Waals surface area contributed by atoms with Gasteiger partial charge >= 0.3 is 5.97 Å². The van der Waals surface area contributed by atoms with Gasteiger partial charge in [0.15, 0.2) is 6.61 Å². The van der Waals surface area contributed by atoms with Crippen molar-refractivity contribution in [2.24, 2.45) is 0 Å². The Balaban J connectivity index is 1.86. The van der Waals surface area contributed by atoms with E-state index in [-0.39, 0.29) is 10.6 Å². The maximum absolute atomic E-state index is 13.5. The van der Waals surface area contributed by atoms with E-state index in [1.54, 1.807) is 0 Å². The number of hydrogen-bond donors (Lipinski definition) is 2. The lowest BCUT2D eigenvalue weighted by Crippen LogP contribution is -2.43. The monoisotopic (exact) mass is 368 g/mol. The molecule has 2 aromatic rings. The van der Waals surface area contributed by atoms with Crippen molar-refractivity contribution >= 4 is 29.4 Å². The average molecular weight is 369 g/mol. The molecule has 6 nitrogen and oxygen atoms in total. The molecule has 0 atom stereocenters. The molecule has 0 aliphatic carbocycles. The SMILES string of the molecule is O=C(COC(=O)c1c(F)cccc1Cl)NNC(=O)c1ccccc1F. The minimum absolute atomic E-state index is 0.168.